The topological polar surface area (TPSA) is 317 Å². The Morgan fingerprint density at radius 3 is 2.02 bits per heavy atom. The smallest absolute Gasteiger partial charge is 0.347 e. The van der Waals surface area contributed by atoms with Crippen molar-refractivity contribution in [3.63, 3.8) is 0 Å². The molecule has 8 atom stereocenters. The van der Waals surface area contributed by atoms with Crippen molar-refractivity contribution in [3.8, 4) is 5.75 Å². The molecule has 4 amide bonds. The van der Waals surface area contributed by atoms with Gasteiger partial charge in [-0.3, -0.25) is 43.2 Å². The van der Waals surface area contributed by atoms with Gasteiger partial charge in [-0.2, -0.15) is 0 Å². The van der Waals surface area contributed by atoms with Crippen LogP contribution >= 0.6 is 11.6 Å². The number of ether oxygens (including phenoxy) is 9. The zero-order chi connectivity index (χ0) is 71.2. The molecule has 1 saturated heterocycles. The number of nitrogens with one attached hydrogen (secondary N) is 3. The Morgan fingerprint density at radius 1 is 0.763 bits per heavy atom. The maximum Gasteiger partial charge on any atom is 0.347 e. The normalized spacial score (nSPS) is 19.5. The quantitative estimate of drug-likeness (QED) is 0.0187. The molecule has 2 aliphatic heterocycles. The van der Waals surface area contributed by atoms with Gasteiger partial charge < -0.3 is 68.6 Å². The lowest BCUT2D eigenvalue weighted by Crippen LogP contribution is -2.51. The first-order chi connectivity index (χ1) is 46.2. The molecule has 24 nitrogen and oxygen atoms in total. The van der Waals surface area contributed by atoms with Crippen LogP contribution in [0.3, 0.4) is 0 Å². The molecule has 2 aliphatic rings. The van der Waals surface area contributed by atoms with E-state index in [1.165, 1.54) is 18.1 Å². The van der Waals surface area contributed by atoms with Crippen molar-refractivity contribution in [2.75, 3.05) is 80.1 Å². The van der Waals surface area contributed by atoms with Crippen molar-refractivity contribution < 1.29 is 95.7 Å². The van der Waals surface area contributed by atoms with Crippen LogP contribution < -0.4 is 20.7 Å². The van der Waals surface area contributed by atoms with Gasteiger partial charge in [0.25, 0.3) is 0 Å². The summed E-state index contributed by atoms with van der Waals surface area (Å²) in [6.45, 7) is 16.1. The van der Waals surface area contributed by atoms with E-state index in [0.29, 0.717) is 66.9 Å². The third-order valence-electron chi connectivity index (χ3n) is 16.7. The van der Waals surface area contributed by atoms with E-state index in [0.717, 1.165) is 11.1 Å². The Hall–Kier alpha value is -7.61. The zero-order valence-corrected chi connectivity index (χ0v) is 58.4. The number of Topliss-reactive ketones (excluding diaryl/α,β-unsaturated/α-hetero) is 2. The van der Waals surface area contributed by atoms with Gasteiger partial charge in [0, 0.05) is 77.1 Å². The van der Waals surface area contributed by atoms with E-state index in [1.54, 1.807) is 90.3 Å². The second-order valence-electron chi connectivity index (χ2n) is 25.9. The van der Waals surface area contributed by atoms with Crippen molar-refractivity contribution >= 4 is 70.7 Å². The largest absolute Gasteiger partial charge is 0.495 e. The molecule has 0 spiro atoms. The molecule has 3 aromatic rings. The maximum absolute atomic E-state index is 14.0. The highest BCUT2D eigenvalue weighted by molar-refractivity contribution is 6.32. The third-order valence-corrected chi connectivity index (χ3v) is 17.0. The van der Waals surface area contributed by atoms with Gasteiger partial charge in [0.1, 0.15) is 36.4 Å². The number of hydrogen-bond donors (Lipinski definition) is 4. The monoisotopic (exact) mass is 1370 g/mol. The summed E-state index contributed by atoms with van der Waals surface area (Å²) < 4.78 is 50.3. The van der Waals surface area contributed by atoms with Crippen LogP contribution in [0, 0.1) is 29.1 Å². The highest BCUT2D eigenvalue weighted by Crippen LogP contribution is 2.45. The van der Waals surface area contributed by atoms with Crippen LogP contribution in [-0.4, -0.2) is 180 Å². The van der Waals surface area contributed by atoms with Crippen LogP contribution in [0.4, 0.5) is 0 Å². The number of esters is 3. The number of cyclic esters (lactones) is 2. The van der Waals surface area contributed by atoms with Crippen LogP contribution in [0.2, 0.25) is 5.02 Å². The number of rotatable bonds is 39. The van der Waals surface area contributed by atoms with Gasteiger partial charge >= 0.3 is 23.9 Å². The molecule has 97 heavy (non-hydrogen) atoms. The summed E-state index contributed by atoms with van der Waals surface area (Å²) >= 11 is 6.39. The van der Waals surface area contributed by atoms with Gasteiger partial charge in [0.15, 0.2) is 11.9 Å². The molecule has 0 radical (unpaired) electrons. The van der Waals surface area contributed by atoms with Crippen LogP contribution in [0.1, 0.15) is 134 Å². The summed E-state index contributed by atoms with van der Waals surface area (Å²) in [6.07, 6.45) is 0.311. The van der Waals surface area contributed by atoms with Crippen LogP contribution in [0.5, 0.6) is 5.75 Å². The van der Waals surface area contributed by atoms with E-state index >= 15 is 0 Å². The molecule has 25 heteroatoms. The second-order valence-corrected chi connectivity index (χ2v) is 26.3. The minimum Gasteiger partial charge on any atom is -0.495 e. The van der Waals surface area contributed by atoms with Gasteiger partial charge in [-0.15, -0.1) is 0 Å². The highest BCUT2D eigenvalue weighted by atomic mass is 35.5. The first kappa shape index (κ1) is 80.1. The standard InChI is InChI=1S/C72H99ClN4O20/c1-45(2)38-61-70(87)95-59(12-11-13-62(80)76-57(40-52-20-24-60(90-10)56(73)39-52)69(86)74-44-72(7,8)71(88)96-61)47(5)66-67(97-66)53-22-18-49(19-23-53)21-25-65(84)94-43-51-16-14-50(15-17-51)41-58(79)48(6)75-68(85)55(46(3)4)42-54(78)26-29-77(30-27-64(82)83)63(81)28-31-91-34-35-93-37-36-92-33-32-89-9/h11,13-20,22-24,39,45-48,55,57,59,61,66-67H,12,21,25-38,40-44H2,1-10H3,(H,74,86)(H,75,85)(H,76,80)(H,82,83)/b13-11+/t47-,48-,55-,57+,59-,61-,66+,67+/m0/s1. The zero-order valence-electron chi connectivity index (χ0n) is 57.7. The third kappa shape index (κ3) is 28.4. The van der Waals surface area contributed by atoms with Crippen LogP contribution in [0.25, 0.3) is 0 Å². The number of carboxylic acid groups (broad SMARTS) is 1. The minimum atomic E-state index is -1.28. The van der Waals surface area contributed by atoms with Gasteiger partial charge in [-0.25, -0.2) is 4.79 Å². The number of ketones is 2. The van der Waals surface area contributed by atoms with Gasteiger partial charge in [-0.1, -0.05) is 107 Å². The van der Waals surface area contributed by atoms with E-state index in [2.05, 4.69) is 16.0 Å². The lowest BCUT2D eigenvalue weighted by Gasteiger charge is -2.29. The Labute approximate surface area is 574 Å². The Bertz CT molecular complexity index is 3120. The summed E-state index contributed by atoms with van der Waals surface area (Å²) in [6, 6.07) is 17.7. The number of nitrogens with zero attached hydrogens (tertiary/aromatic N) is 1. The molecule has 0 bridgehead atoms. The van der Waals surface area contributed by atoms with Crippen molar-refractivity contribution in [3.05, 3.63) is 112 Å². The van der Waals surface area contributed by atoms with Gasteiger partial charge in [0.05, 0.1) is 88.8 Å². The number of aryl methyl sites for hydroxylation is 1. The molecule has 0 aromatic heterocycles. The number of carboxylic acids is 1. The molecule has 0 unspecified atom stereocenters. The maximum atomic E-state index is 14.0. The lowest BCUT2D eigenvalue weighted by molar-refractivity contribution is -0.179. The molecular weight excluding hydrogens is 1280 g/mol. The summed E-state index contributed by atoms with van der Waals surface area (Å²) in [5.74, 6) is -6.52. The molecule has 2 heterocycles. The Balaban J connectivity index is 1.07. The SMILES string of the molecule is COCCOCCOCCOCCC(=O)N(CCC(=O)O)CCC(=O)C[C@H](C(=O)N[C@@H](C)C(=O)Cc1ccc(COC(=O)CCc2ccc([C@H]3O[C@@H]3[C@@H](C)[C@@H]3C/C=C/C(=O)N[C@H](Cc4ccc(OC)c(Cl)c4)C(=O)NCC(C)(C)C(=O)O[C@@H](CC(C)C)C(=O)O3)cc2)cc1)C(C)C. The number of epoxide rings is 1. The van der Waals surface area contributed by atoms with Crippen LogP contribution in [0.15, 0.2) is 78.9 Å². The number of carbonyl (C=O) groups excluding carboxylic acids is 9. The number of aliphatic carboxylic acids is 1. The molecule has 5 rings (SSSR count). The molecule has 3 aromatic carbocycles. The molecular formula is C72H99ClN4O20. The second kappa shape index (κ2) is 41.0. The van der Waals surface area contributed by atoms with Gasteiger partial charge in [-0.05, 0) is 91.5 Å². The summed E-state index contributed by atoms with van der Waals surface area (Å²) in [4.78, 5) is 134. The number of methoxy groups -OCH3 is 2. The van der Waals surface area contributed by atoms with Crippen molar-refractivity contribution in [1.29, 1.82) is 0 Å². The van der Waals surface area contributed by atoms with Gasteiger partial charge in [0.2, 0.25) is 23.6 Å². The number of benzene rings is 3. The van der Waals surface area contributed by atoms with E-state index in [-0.39, 0.29) is 133 Å². The number of amides is 4. The number of halogens is 1. The Kier molecular flexibility index (Phi) is 33.8. The molecule has 4 N–H and O–H groups in total. The fourth-order valence-corrected chi connectivity index (χ4v) is 10.8. The van der Waals surface area contributed by atoms with Crippen molar-refractivity contribution in [2.45, 2.75) is 163 Å². The summed E-state index contributed by atoms with van der Waals surface area (Å²) in [5, 5.41) is 17.9. The number of hydrogen-bond acceptors (Lipinski definition) is 19. The predicted molar refractivity (Wildman–Crippen MR) is 358 cm³/mol. The first-order valence-electron chi connectivity index (χ1n) is 33.2. The highest BCUT2D eigenvalue weighted by Gasteiger charge is 2.48. The fraction of sp³-hybridized carbons (Fsp3) is 0.583. The average Bonchev–Trinajstić information content (AvgIpc) is 1.64. The fourth-order valence-electron chi connectivity index (χ4n) is 10.5. The van der Waals surface area contributed by atoms with E-state index in [9.17, 15) is 53.1 Å². The minimum absolute atomic E-state index is 0.00384. The van der Waals surface area contributed by atoms with Crippen LogP contribution in [-0.2, 0) is 112 Å². The van der Waals surface area contributed by atoms with Crippen molar-refractivity contribution in [1.82, 2.24) is 20.9 Å². The summed E-state index contributed by atoms with van der Waals surface area (Å²) in [5.41, 5.74) is 2.49. The molecule has 0 saturated carbocycles. The van der Waals surface area contributed by atoms with E-state index in [4.69, 9.17) is 54.2 Å². The Morgan fingerprint density at radius 2 is 1.39 bits per heavy atom. The number of carbonyl (C=O) groups is 10. The van der Waals surface area contributed by atoms with Crippen molar-refractivity contribution in [2.24, 2.45) is 29.1 Å². The summed E-state index contributed by atoms with van der Waals surface area (Å²) in [7, 11) is 3.07. The lowest BCUT2D eigenvalue weighted by atomic mass is 9.88. The molecule has 0 aliphatic carbocycles. The van der Waals surface area contributed by atoms with E-state index < -0.39 is 89.2 Å². The first-order valence-corrected chi connectivity index (χ1v) is 33.6. The van der Waals surface area contributed by atoms with E-state index in [1.807, 2.05) is 45.0 Å². The molecule has 1 fully saturated rings. The average molecular weight is 1380 g/mol. The molecule has 534 valence electrons. The predicted octanol–water partition coefficient (Wildman–Crippen LogP) is 7.43.